The molecule has 4 rings (SSSR count). The van der Waals surface area contributed by atoms with Crippen molar-refractivity contribution in [2.75, 3.05) is 11.9 Å². The van der Waals surface area contributed by atoms with E-state index in [1.165, 1.54) is 76.0 Å². The lowest BCUT2D eigenvalue weighted by atomic mass is 10.0. The molecule has 0 radical (unpaired) electrons. The average Bonchev–Trinajstić information content (AvgIpc) is 3.51. The highest BCUT2D eigenvalue weighted by molar-refractivity contribution is 7.99. The molecule has 8 nitrogen and oxygen atoms in total. The quantitative estimate of drug-likeness (QED) is 0.102. The van der Waals surface area contributed by atoms with E-state index < -0.39 is 5.91 Å². The fourth-order valence-electron chi connectivity index (χ4n) is 4.89. The van der Waals surface area contributed by atoms with Crippen molar-refractivity contribution in [3.63, 3.8) is 0 Å². The number of anilines is 1. The molecule has 0 aliphatic heterocycles. The summed E-state index contributed by atoms with van der Waals surface area (Å²) in [7, 11) is 0. The third kappa shape index (κ3) is 9.21. The molecule has 1 aromatic heterocycles. The highest BCUT2D eigenvalue weighted by Crippen LogP contribution is 2.39. The SMILES string of the molecule is CCCCCCCCCCCCCCOc1ccccc1NC(=O)c1cc(Sc2nn[nH]n2)c2ccccc2c1O. The summed E-state index contributed by atoms with van der Waals surface area (Å²) in [6.45, 7) is 2.86. The number of tetrazole rings is 1. The van der Waals surface area contributed by atoms with Crippen LogP contribution >= 0.6 is 11.8 Å². The fraction of sp³-hybridized carbons (Fsp3) is 0.438. The molecule has 0 atom stereocenters. The van der Waals surface area contributed by atoms with Crippen LogP contribution in [0.1, 0.15) is 94.3 Å². The van der Waals surface area contributed by atoms with Crippen LogP contribution in [0.15, 0.2) is 64.6 Å². The van der Waals surface area contributed by atoms with Gasteiger partial charge in [0.2, 0.25) is 5.16 Å². The van der Waals surface area contributed by atoms with E-state index in [1.807, 2.05) is 42.5 Å². The topological polar surface area (TPSA) is 113 Å². The number of aromatic amines is 1. The third-order valence-electron chi connectivity index (χ3n) is 7.14. The maximum Gasteiger partial charge on any atom is 0.259 e. The van der Waals surface area contributed by atoms with Gasteiger partial charge >= 0.3 is 0 Å². The van der Waals surface area contributed by atoms with Gasteiger partial charge in [0.15, 0.2) is 0 Å². The molecule has 3 aromatic carbocycles. The van der Waals surface area contributed by atoms with Crippen molar-refractivity contribution in [1.82, 2.24) is 20.6 Å². The highest BCUT2D eigenvalue weighted by atomic mass is 32.2. The predicted octanol–water partition coefficient (Wildman–Crippen LogP) is 8.54. The largest absolute Gasteiger partial charge is 0.506 e. The van der Waals surface area contributed by atoms with Gasteiger partial charge in [-0.25, -0.2) is 0 Å². The number of fused-ring (bicyclic) bond motifs is 1. The molecule has 0 saturated carbocycles. The van der Waals surface area contributed by atoms with Crippen LogP contribution in [0.4, 0.5) is 5.69 Å². The van der Waals surface area contributed by atoms with E-state index in [-0.39, 0.29) is 11.3 Å². The Bertz CT molecular complexity index is 1360. The number of hydrogen-bond acceptors (Lipinski definition) is 7. The number of ether oxygens (including phenoxy) is 1. The van der Waals surface area contributed by atoms with Crippen LogP contribution in [0.2, 0.25) is 0 Å². The van der Waals surface area contributed by atoms with Gasteiger partial charge in [-0.15, -0.1) is 10.2 Å². The van der Waals surface area contributed by atoms with Crippen molar-refractivity contribution in [3.05, 3.63) is 60.2 Å². The molecule has 9 heteroatoms. The summed E-state index contributed by atoms with van der Waals surface area (Å²) in [5.41, 5.74) is 0.724. The van der Waals surface area contributed by atoms with Crippen LogP contribution in [0, 0.1) is 0 Å². The number of nitrogens with zero attached hydrogens (tertiary/aromatic N) is 3. The molecular weight excluding hydrogens is 534 g/mol. The van der Waals surface area contributed by atoms with Crippen molar-refractivity contribution in [2.24, 2.45) is 0 Å². The minimum absolute atomic E-state index is 0.0783. The second kappa shape index (κ2) is 16.6. The Hall–Kier alpha value is -3.59. The van der Waals surface area contributed by atoms with E-state index in [4.69, 9.17) is 4.74 Å². The van der Waals surface area contributed by atoms with Crippen LogP contribution in [0.3, 0.4) is 0 Å². The van der Waals surface area contributed by atoms with E-state index in [0.717, 1.165) is 23.1 Å². The lowest BCUT2D eigenvalue weighted by Crippen LogP contribution is -2.13. The molecule has 0 saturated heterocycles. The normalized spacial score (nSPS) is 11.1. The molecule has 0 aliphatic rings. The van der Waals surface area contributed by atoms with Crippen LogP contribution in [-0.2, 0) is 0 Å². The lowest BCUT2D eigenvalue weighted by Gasteiger charge is -2.15. The number of carbonyl (C=O) groups excluding carboxylic acids is 1. The number of carbonyl (C=O) groups is 1. The number of para-hydroxylation sites is 2. The molecular formula is C32H41N5O3S. The Morgan fingerprint density at radius 1 is 0.878 bits per heavy atom. The predicted molar refractivity (Wildman–Crippen MR) is 165 cm³/mol. The van der Waals surface area contributed by atoms with E-state index in [2.05, 4.69) is 32.9 Å². The van der Waals surface area contributed by atoms with Gasteiger partial charge in [-0.2, -0.15) is 5.21 Å². The average molecular weight is 576 g/mol. The number of nitrogens with one attached hydrogen (secondary N) is 2. The van der Waals surface area contributed by atoms with Gasteiger partial charge < -0.3 is 15.2 Å². The Morgan fingerprint density at radius 3 is 2.20 bits per heavy atom. The first-order valence-corrected chi connectivity index (χ1v) is 15.7. The second-order valence-electron chi connectivity index (χ2n) is 10.3. The summed E-state index contributed by atoms with van der Waals surface area (Å²) in [4.78, 5) is 14.1. The number of rotatable bonds is 18. The van der Waals surface area contributed by atoms with E-state index >= 15 is 0 Å². The van der Waals surface area contributed by atoms with Crippen molar-refractivity contribution in [3.8, 4) is 11.5 Å². The summed E-state index contributed by atoms with van der Waals surface area (Å²) in [5.74, 6) is 0.112. The van der Waals surface area contributed by atoms with Crippen molar-refractivity contribution < 1.29 is 14.6 Å². The van der Waals surface area contributed by atoms with Crippen LogP contribution in [-0.4, -0.2) is 38.2 Å². The maximum absolute atomic E-state index is 13.4. The molecule has 1 amide bonds. The van der Waals surface area contributed by atoms with Gasteiger partial charge in [-0.05, 0) is 47.0 Å². The second-order valence-corrected chi connectivity index (χ2v) is 11.3. The first-order chi connectivity index (χ1) is 20.2. The van der Waals surface area contributed by atoms with Crippen LogP contribution in [0.25, 0.3) is 10.8 Å². The highest BCUT2D eigenvalue weighted by Gasteiger charge is 2.20. The number of hydrogen-bond donors (Lipinski definition) is 3. The zero-order chi connectivity index (χ0) is 28.7. The van der Waals surface area contributed by atoms with E-state index in [1.54, 1.807) is 12.1 Å². The van der Waals surface area contributed by atoms with Gasteiger partial charge in [0.25, 0.3) is 5.91 Å². The fourth-order valence-corrected chi connectivity index (χ4v) is 5.72. The number of phenolic OH excluding ortho intramolecular Hbond substituents is 1. The van der Waals surface area contributed by atoms with Crippen molar-refractivity contribution in [1.29, 1.82) is 0 Å². The maximum atomic E-state index is 13.4. The standard InChI is InChI=1S/C32H41N5O3S/c1-2-3-4-5-6-7-8-9-10-11-12-17-22-40-28-21-16-15-20-27(28)33-31(39)26-23-29(41-32-34-36-37-35-32)24-18-13-14-19-25(24)30(26)38/h13-16,18-21,23,38H,2-12,17,22H2,1H3,(H,33,39)(H,34,35,36,37). The number of unbranched alkanes of at least 4 members (excludes halogenated alkanes) is 11. The van der Waals surface area contributed by atoms with Crippen LogP contribution < -0.4 is 10.1 Å². The monoisotopic (exact) mass is 575 g/mol. The van der Waals surface area contributed by atoms with Crippen molar-refractivity contribution >= 4 is 34.1 Å². The molecule has 0 spiro atoms. The third-order valence-corrected chi connectivity index (χ3v) is 8.05. The molecule has 0 fully saturated rings. The number of amides is 1. The zero-order valence-electron chi connectivity index (χ0n) is 23.9. The minimum Gasteiger partial charge on any atom is -0.506 e. The first kappa shape index (κ1) is 30.4. The van der Waals surface area contributed by atoms with Crippen LogP contribution in [0.5, 0.6) is 11.5 Å². The summed E-state index contributed by atoms with van der Waals surface area (Å²) < 4.78 is 6.05. The van der Waals surface area contributed by atoms with E-state index in [9.17, 15) is 9.90 Å². The summed E-state index contributed by atoms with van der Waals surface area (Å²) >= 11 is 1.27. The molecule has 0 unspecified atom stereocenters. The summed E-state index contributed by atoms with van der Waals surface area (Å²) in [6, 6.07) is 16.4. The molecule has 218 valence electrons. The Kier molecular flexibility index (Phi) is 12.3. The first-order valence-electron chi connectivity index (χ1n) is 14.9. The Morgan fingerprint density at radius 2 is 1.51 bits per heavy atom. The zero-order valence-corrected chi connectivity index (χ0v) is 24.7. The molecule has 0 bridgehead atoms. The van der Waals surface area contributed by atoms with Gasteiger partial charge in [0.1, 0.15) is 11.5 Å². The Labute approximate surface area is 246 Å². The number of phenols is 1. The number of aromatic nitrogens is 4. The number of benzene rings is 3. The minimum atomic E-state index is -0.426. The Balaban J connectivity index is 1.28. The molecule has 3 N–H and O–H groups in total. The number of aromatic hydroxyl groups is 1. The van der Waals surface area contributed by atoms with Gasteiger partial charge in [-0.1, -0.05) is 114 Å². The molecule has 0 aliphatic carbocycles. The smallest absolute Gasteiger partial charge is 0.259 e. The summed E-state index contributed by atoms with van der Waals surface area (Å²) in [6.07, 6.45) is 15.5. The van der Waals surface area contributed by atoms with Gasteiger partial charge in [-0.3, -0.25) is 4.79 Å². The van der Waals surface area contributed by atoms with Gasteiger partial charge in [0, 0.05) is 10.3 Å². The van der Waals surface area contributed by atoms with E-state index in [0.29, 0.717) is 28.6 Å². The number of H-pyrrole nitrogens is 1. The molecule has 1 heterocycles. The molecule has 41 heavy (non-hydrogen) atoms. The van der Waals surface area contributed by atoms with Crippen molar-refractivity contribution in [2.45, 2.75) is 94.0 Å². The summed E-state index contributed by atoms with van der Waals surface area (Å²) in [5, 5.41) is 29.8. The lowest BCUT2D eigenvalue weighted by molar-refractivity contribution is 0.102. The molecule has 4 aromatic rings. The van der Waals surface area contributed by atoms with Gasteiger partial charge in [0.05, 0.1) is 17.9 Å².